The third-order valence-corrected chi connectivity index (χ3v) is 2.89. The molecule has 0 saturated carbocycles. The van der Waals surface area contributed by atoms with Crippen LogP contribution >= 0.6 is 0 Å². The molecular formula is C13H12O3S. The molecular weight excluding hydrogens is 236 g/mol. The number of rotatable bonds is 3. The fraction of sp³-hybridized carbons (Fsp3) is 0.0769. The van der Waals surface area contributed by atoms with E-state index in [1.54, 1.807) is 24.3 Å². The molecule has 0 aromatic heterocycles. The van der Waals surface area contributed by atoms with E-state index in [1.165, 1.54) is 0 Å². The second-order valence-electron chi connectivity index (χ2n) is 3.64. The molecule has 0 aliphatic heterocycles. The van der Waals surface area contributed by atoms with Crippen LogP contribution in [0, 0.1) is 6.92 Å². The largest absolute Gasteiger partial charge is 0.457 e. The quantitative estimate of drug-likeness (QED) is 0.847. The summed E-state index contributed by atoms with van der Waals surface area (Å²) in [4.78, 5) is 0.329. The summed E-state index contributed by atoms with van der Waals surface area (Å²) in [6, 6.07) is 14.2. The maximum absolute atomic E-state index is 10.9. The molecule has 4 heteroatoms. The highest BCUT2D eigenvalue weighted by molar-refractivity contribution is 7.79. The molecule has 2 aromatic rings. The van der Waals surface area contributed by atoms with Crippen molar-refractivity contribution in [1.29, 1.82) is 0 Å². The van der Waals surface area contributed by atoms with Crippen LogP contribution in [0.1, 0.15) is 5.56 Å². The van der Waals surface area contributed by atoms with Gasteiger partial charge < -0.3 is 9.29 Å². The molecule has 0 amide bonds. The van der Waals surface area contributed by atoms with E-state index in [0.29, 0.717) is 16.4 Å². The molecule has 17 heavy (non-hydrogen) atoms. The average molecular weight is 248 g/mol. The standard InChI is InChI=1S/C13H12O3S/c1-10-4-2-5-11(8-10)16-12-6-3-7-13(9-12)17(14)15/h2-9H,1H3,(H,14,15). The Hall–Kier alpha value is -1.65. The van der Waals surface area contributed by atoms with E-state index in [9.17, 15) is 4.21 Å². The normalized spacial score (nSPS) is 12.1. The van der Waals surface area contributed by atoms with E-state index in [-0.39, 0.29) is 0 Å². The Labute approximate surface area is 102 Å². The van der Waals surface area contributed by atoms with E-state index >= 15 is 0 Å². The first-order chi connectivity index (χ1) is 8.15. The van der Waals surface area contributed by atoms with Gasteiger partial charge in [-0.05, 0) is 42.8 Å². The molecule has 2 aromatic carbocycles. The third kappa shape index (κ3) is 3.15. The maximum Gasteiger partial charge on any atom is 0.186 e. The maximum atomic E-state index is 10.9. The molecule has 0 aliphatic carbocycles. The minimum absolute atomic E-state index is 0.329. The van der Waals surface area contributed by atoms with Crippen LogP contribution in [0.5, 0.6) is 11.5 Å². The van der Waals surface area contributed by atoms with Crippen molar-refractivity contribution in [3.63, 3.8) is 0 Å². The van der Waals surface area contributed by atoms with Crippen LogP contribution in [0.2, 0.25) is 0 Å². The Balaban J connectivity index is 2.24. The van der Waals surface area contributed by atoms with Gasteiger partial charge in [0.05, 0.1) is 4.90 Å². The second kappa shape index (κ2) is 5.12. The van der Waals surface area contributed by atoms with Gasteiger partial charge in [0.25, 0.3) is 0 Å². The predicted octanol–water partition coefficient (Wildman–Crippen LogP) is 3.37. The van der Waals surface area contributed by atoms with Gasteiger partial charge in [0, 0.05) is 0 Å². The van der Waals surface area contributed by atoms with Crippen molar-refractivity contribution in [2.45, 2.75) is 11.8 Å². The molecule has 0 aliphatic rings. The van der Waals surface area contributed by atoms with Crippen molar-refractivity contribution >= 4 is 11.1 Å². The van der Waals surface area contributed by atoms with Crippen LogP contribution in [0.4, 0.5) is 0 Å². The molecule has 0 fully saturated rings. The zero-order chi connectivity index (χ0) is 12.3. The minimum atomic E-state index is -1.98. The second-order valence-corrected chi connectivity index (χ2v) is 4.61. The summed E-state index contributed by atoms with van der Waals surface area (Å²) in [5, 5.41) is 0. The summed E-state index contributed by atoms with van der Waals surface area (Å²) >= 11 is -1.98. The lowest BCUT2D eigenvalue weighted by Gasteiger charge is -2.06. The molecule has 0 heterocycles. The van der Waals surface area contributed by atoms with Crippen LogP contribution < -0.4 is 4.74 Å². The lowest BCUT2D eigenvalue weighted by Crippen LogP contribution is -1.90. The van der Waals surface area contributed by atoms with Crippen LogP contribution in [-0.4, -0.2) is 8.76 Å². The topological polar surface area (TPSA) is 46.5 Å². The number of benzene rings is 2. The average Bonchev–Trinajstić information content (AvgIpc) is 2.29. The van der Waals surface area contributed by atoms with Crippen LogP contribution in [0.15, 0.2) is 53.4 Å². The number of hydrogen-bond acceptors (Lipinski definition) is 2. The molecule has 0 spiro atoms. The van der Waals surface area contributed by atoms with Crippen molar-refractivity contribution in [2.24, 2.45) is 0 Å². The van der Waals surface area contributed by atoms with Gasteiger partial charge in [-0.3, -0.25) is 0 Å². The molecule has 0 saturated heterocycles. The fourth-order valence-corrected chi connectivity index (χ4v) is 1.87. The highest BCUT2D eigenvalue weighted by atomic mass is 32.2. The van der Waals surface area contributed by atoms with Gasteiger partial charge >= 0.3 is 0 Å². The van der Waals surface area contributed by atoms with Gasteiger partial charge in [-0.2, -0.15) is 0 Å². The summed E-state index contributed by atoms with van der Waals surface area (Å²) in [7, 11) is 0. The van der Waals surface area contributed by atoms with Crippen molar-refractivity contribution in [1.82, 2.24) is 0 Å². The molecule has 1 N–H and O–H groups in total. The van der Waals surface area contributed by atoms with Gasteiger partial charge in [-0.1, -0.05) is 18.2 Å². The van der Waals surface area contributed by atoms with Gasteiger partial charge in [0.1, 0.15) is 11.5 Å². The molecule has 0 bridgehead atoms. The monoisotopic (exact) mass is 248 g/mol. The van der Waals surface area contributed by atoms with E-state index in [0.717, 1.165) is 5.56 Å². The third-order valence-electron chi connectivity index (χ3n) is 2.23. The first-order valence-electron chi connectivity index (χ1n) is 5.10. The Kier molecular flexibility index (Phi) is 3.56. The summed E-state index contributed by atoms with van der Waals surface area (Å²) in [5.41, 5.74) is 1.10. The molecule has 0 radical (unpaired) electrons. The first kappa shape index (κ1) is 11.8. The summed E-state index contributed by atoms with van der Waals surface area (Å²) in [5.74, 6) is 1.27. The molecule has 88 valence electrons. The molecule has 1 unspecified atom stereocenters. The fourth-order valence-electron chi connectivity index (χ4n) is 1.46. The summed E-state index contributed by atoms with van der Waals surface area (Å²) in [6.07, 6.45) is 0. The van der Waals surface area contributed by atoms with Crippen molar-refractivity contribution in [2.75, 3.05) is 0 Å². The predicted molar refractivity (Wildman–Crippen MR) is 66.7 cm³/mol. The van der Waals surface area contributed by atoms with E-state index in [4.69, 9.17) is 9.29 Å². The van der Waals surface area contributed by atoms with Gasteiger partial charge in [0.15, 0.2) is 11.1 Å². The van der Waals surface area contributed by atoms with Gasteiger partial charge in [0.2, 0.25) is 0 Å². The van der Waals surface area contributed by atoms with Crippen molar-refractivity contribution in [3.05, 3.63) is 54.1 Å². The summed E-state index contributed by atoms with van der Waals surface area (Å²) < 4.78 is 25.5. The smallest absolute Gasteiger partial charge is 0.186 e. The highest BCUT2D eigenvalue weighted by Gasteiger charge is 2.02. The molecule has 1 atom stereocenters. The lowest BCUT2D eigenvalue weighted by atomic mass is 10.2. The van der Waals surface area contributed by atoms with Crippen LogP contribution in [-0.2, 0) is 11.1 Å². The molecule has 2 rings (SSSR count). The van der Waals surface area contributed by atoms with Gasteiger partial charge in [-0.15, -0.1) is 0 Å². The zero-order valence-corrected chi connectivity index (χ0v) is 10.1. The van der Waals surface area contributed by atoms with Crippen molar-refractivity contribution in [3.8, 4) is 11.5 Å². The Morgan fingerprint density at radius 3 is 2.35 bits per heavy atom. The van der Waals surface area contributed by atoms with Gasteiger partial charge in [-0.25, -0.2) is 4.21 Å². The highest BCUT2D eigenvalue weighted by Crippen LogP contribution is 2.23. The SMILES string of the molecule is Cc1cccc(Oc2cccc(S(=O)O)c2)c1. The van der Waals surface area contributed by atoms with E-state index < -0.39 is 11.1 Å². The Bertz CT molecular complexity index is 552. The van der Waals surface area contributed by atoms with Crippen LogP contribution in [0.25, 0.3) is 0 Å². The zero-order valence-electron chi connectivity index (χ0n) is 9.29. The van der Waals surface area contributed by atoms with E-state index in [1.807, 2.05) is 31.2 Å². The van der Waals surface area contributed by atoms with E-state index in [2.05, 4.69) is 0 Å². The Morgan fingerprint density at radius 2 is 1.71 bits per heavy atom. The minimum Gasteiger partial charge on any atom is -0.457 e. The number of hydrogen-bond donors (Lipinski definition) is 1. The number of aryl methyl sites for hydroxylation is 1. The van der Waals surface area contributed by atoms with Crippen LogP contribution in [0.3, 0.4) is 0 Å². The Morgan fingerprint density at radius 1 is 1.06 bits per heavy atom. The number of ether oxygens (including phenoxy) is 1. The molecule has 3 nitrogen and oxygen atoms in total. The first-order valence-corrected chi connectivity index (χ1v) is 6.21. The lowest BCUT2D eigenvalue weighted by molar-refractivity contribution is 0.480. The summed E-state index contributed by atoms with van der Waals surface area (Å²) in [6.45, 7) is 1.98. The van der Waals surface area contributed by atoms with Crippen molar-refractivity contribution < 1.29 is 13.5 Å².